The molecule has 4 rings (SSSR count). The fourth-order valence-electron chi connectivity index (χ4n) is 3.72. The van der Waals surface area contributed by atoms with Gasteiger partial charge in [0.25, 0.3) is 0 Å². The Morgan fingerprint density at radius 2 is 1.87 bits per heavy atom. The van der Waals surface area contributed by atoms with Crippen LogP contribution in [0.2, 0.25) is 5.02 Å². The van der Waals surface area contributed by atoms with Crippen molar-refractivity contribution in [3.63, 3.8) is 0 Å². The minimum absolute atomic E-state index is 0.275. The first-order chi connectivity index (χ1) is 14.5. The summed E-state index contributed by atoms with van der Waals surface area (Å²) < 4.78 is 18.3. The average molecular weight is 432 g/mol. The molecule has 4 N–H and O–H groups in total. The fraction of sp³-hybridized carbons (Fsp3) is 0.381. The summed E-state index contributed by atoms with van der Waals surface area (Å²) in [5.74, 6) is 1.18. The van der Waals surface area contributed by atoms with Crippen LogP contribution in [0.25, 0.3) is 16.9 Å². The number of rotatable bonds is 6. The van der Waals surface area contributed by atoms with Crippen LogP contribution in [-0.4, -0.2) is 56.5 Å². The van der Waals surface area contributed by atoms with Gasteiger partial charge < -0.3 is 35.0 Å². The molecule has 1 aromatic carbocycles. The summed E-state index contributed by atoms with van der Waals surface area (Å²) in [4.78, 5) is 7.09. The van der Waals surface area contributed by atoms with Crippen molar-refractivity contribution in [2.75, 3.05) is 52.0 Å². The van der Waals surface area contributed by atoms with Crippen molar-refractivity contribution in [3.8, 4) is 22.8 Å². The highest BCUT2D eigenvalue weighted by Crippen LogP contribution is 2.38. The van der Waals surface area contributed by atoms with E-state index < -0.39 is 0 Å². The smallest absolute Gasteiger partial charge is 0.141 e. The van der Waals surface area contributed by atoms with Crippen LogP contribution < -0.4 is 25.8 Å². The van der Waals surface area contributed by atoms with Gasteiger partial charge in [-0.25, -0.2) is 4.98 Å². The second kappa shape index (κ2) is 8.69. The number of pyridine rings is 1. The Kier molecular flexibility index (Phi) is 6.01. The molecule has 0 spiro atoms. The molecule has 0 amide bonds. The van der Waals surface area contributed by atoms with Gasteiger partial charge in [-0.3, -0.25) is 0 Å². The summed E-state index contributed by atoms with van der Waals surface area (Å²) in [6.07, 6.45) is 3.94. The molecular weight excluding hydrogens is 406 g/mol. The molecule has 0 aliphatic carbocycles. The number of methoxy groups -OCH3 is 2. The molecule has 1 atom stereocenters. The number of nitrogens with zero attached hydrogens (tertiary/aromatic N) is 3. The van der Waals surface area contributed by atoms with E-state index in [1.165, 1.54) is 0 Å². The van der Waals surface area contributed by atoms with E-state index >= 15 is 0 Å². The number of ether oxygens (including phenoxy) is 3. The van der Waals surface area contributed by atoms with Crippen molar-refractivity contribution >= 4 is 22.9 Å². The van der Waals surface area contributed by atoms with E-state index in [9.17, 15) is 0 Å². The predicted octanol–water partition coefficient (Wildman–Crippen LogP) is 2.47. The lowest BCUT2D eigenvalue weighted by Gasteiger charge is -2.31. The van der Waals surface area contributed by atoms with E-state index in [0.717, 1.165) is 41.2 Å². The van der Waals surface area contributed by atoms with Crippen LogP contribution in [-0.2, 0) is 4.74 Å². The Labute approximate surface area is 180 Å². The summed E-state index contributed by atoms with van der Waals surface area (Å²) in [7, 11) is 3.18. The number of anilines is 1. The van der Waals surface area contributed by atoms with Crippen molar-refractivity contribution in [3.05, 3.63) is 41.2 Å². The number of fused-ring (bicyclic) bond motifs is 1. The van der Waals surface area contributed by atoms with Crippen molar-refractivity contribution < 1.29 is 14.2 Å². The third-order valence-electron chi connectivity index (χ3n) is 5.36. The molecule has 3 heterocycles. The van der Waals surface area contributed by atoms with E-state index in [1.807, 2.05) is 16.8 Å². The summed E-state index contributed by atoms with van der Waals surface area (Å²) in [5.41, 5.74) is 16.6. The molecule has 0 saturated carbocycles. The molecule has 2 aromatic heterocycles. The van der Waals surface area contributed by atoms with Gasteiger partial charge in [0.15, 0.2) is 0 Å². The maximum Gasteiger partial charge on any atom is 0.141 e. The van der Waals surface area contributed by atoms with Crippen LogP contribution in [0.1, 0.15) is 11.6 Å². The minimum atomic E-state index is -0.275. The fourth-order valence-corrected chi connectivity index (χ4v) is 3.96. The third-order valence-corrected chi connectivity index (χ3v) is 5.65. The second-order valence-electron chi connectivity index (χ2n) is 7.13. The van der Waals surface area contributed by atoms with E-state index in [0.29, 0.717) is 36.3 Å². The number of aromatic nitrogens is 2. The normalized spacial score (nSPS) is 15.4. The lowest BCUT2D eigenvalue weighted by Crippen LogP contribution is -2.37. The first kappa shape index (κ1) is 20.7. The first-order valence-corrected chi connectivity index (χ1v) is 10.2. The standard InChI is InChI=1S/C21H26ClN5O3/c1-28-19-9-20(29-2)15(22)7-13(19)17-12-27-11-14(16(24)10-23)18(8-21(27)25-17)26-3-5-30-6-4-26/h7-9,11-12,16H,3-6,10,23-24H2,1-2H3. The quantitative estimate of drug-likeness (QED) is 0.618. The van der Waals surface area contributed by atoms with Crippen LogP contribution in [0.15, 0.2) is 30.6 Å². The number of hydrogen-bond acceptors (Lipinski definition) is 7. The summed E-state index contributed by atoms with van der Waals surface area (Å²) in [5, 5.41) is 0.491. The molecule has 160 valence electrons. The maximum atomic E-state index is 6.36. The van der Waals surface area contributed by atoms with Crippen LogP contribution in [0.3, 0.4) is 0 Å². The van der Waals surface area contributed by atoms with Gasteiger partial charge in [-0.15, -0.1) is 0 Å². The summed E-state index contributed by atoms with van der Waals surface area (Å²) in [6, 6.07) is 5.34. The Hall–Kier alpha value is -2.52. The average Bonchev–Trinajstić information content (AvgIpc) is 3.21. The van der Waals surface area contributed by atoms with Crippen molar-refractivity contribution in [2.24, 2.45) is 11.5 Å². The molecule has 8 nitrogen and oxygen atoms in total. The number of imidazole rings is 1. The van der Waals surface area contributed by atoms with Gasteiger partial charge in [0.2, 0.25) is 0 Å². The zero-order valence-corrected chi connectivity index (χ0v) is 17.9. The second-order valence-corrected chi connectivity index (χ2v) is 7.54. The van der Waals surface area contributed by atoms with Gasteiger partial charge in [-0.1, -0.05) is 11.6 Å². The van der Waals surface area contributed by atoms with Gasteiger partial charge in [0.1, 0.15) is 17.1 Å². The van der Waals surface area contributed by atoms with Gasteiger partial charge >= 0.3 is 0 Å². The van der Waals surface area contributed by atoms with E-state index in [4.69, 9.17) is 42.3 Å². The molecule has 1 aliphatic rings. The highest BCUT2D eigenvalue weighted by molar-refractivity contribution is 6.32. The lowest BCUT2D eigenvalue weighted by atomic mass is 10.1. The minimum Gasteiger partial charge on any atom is -0.496 e. The van der Waals surface area contributed by atoms with Gasteiger partial charge in [0, 0.05) is 67.0 Å². The van der Waals surface area contributed by atoms with Gasteiger partial charge in [-0.05, 0) is 6.07 Å². The molecule has 3 aromatic rings. The highest BCUT2D eigenvalue weighted by atomic mass is 35.5. The number of halogens is 1. The largest absolute Gasteiger partial charge is 0.496 e. The molecule has 9 heteroatoms. The first-order valence-electron chi connectivity index (χ1n) is 9.78. The Balaban J connectivity index is 1.84. The number of hydrogen-bond donors (Lipinski definition) is 2. The van der Waals surface area contributed by atoms with Crippen molar-refractivity contribution in [1.29, 1.82) is 0 Å². The molecular formula is C21H26ClN5O3. The Morgan fingerprint density at radius 3 is 2.53 bits per heavy atom. The zero-order chi connectivity index (χ0) is 21.3. The van der Waals surface area contributed by atoms with Crippen LogP contribution in [0.5, 0.6) is 11.5 Å². The number of nitrogens with two attached hydrogens (primary N) is 2. The zero-order valence-electron chi connectivity index (χ0n) is 17.1. The van der Waals surface area contributed by atoms with E-state index in [2.05, 4.69) is 11.0 Å². The SMILES string of the molecule is COc1cc(OC)c(-c2cn3cc(C(N)CN)c(N4CCOCC4)cc3n2)cc1Cl. The summed E-state index contributed by atoms with van der Waals surface area (Å²) in [6.45, 7) is 3.33. The molecule has 1 saturated heterocycles. The topological polar surface area (TPSA) is 100 Å². The van der Waals surface area contributed by atoms with E-state index in [-0.39, 0.29) is 6.04 Å². The third kappa shape index (κ3) is 3.79. The monoisotopic (exact) mass is 431 g/mol. The van der Waals surface area contributed by atoms with Crippen LogP contribution >= 0.6 is 11.6 Å². The Morgan fingerprint density at radius 1 is 1.13 bits per heavy atom. The predicted molar refractivity (Wildman–Crippen MR) is 118 cm³/mol. The molecule has 1 unspecified atom stereocenters. The molecule has 1 aliphatic heterocycles. The molecule has 30 heavy (non-hydrogen) atoms. The summed E-state index contributed by atoms with van der Waals surface area (Å²) >= 11 is 6.36. The number of benzene rings is 1. The van der Waals surface area contributed by atoms with Crippen LogP contribution in [0.4, 0.5) is 5.69 Å². The molecule has 0 bridgehead atoms. The molecule has 1 fully saturated rings. The van der Waals surface area contributed by atoms with Gasteiger partial charge in [-0.2, -0.15) is 0 Å². The van der Waals surface area contributed by atoms with Crippen molar-refractivity contribution in [2.45, 2.75) is 6.04 Å². The maximum absolute atomic E-state index is 6.36. The van der Waals surface area contributed by atoms with Crippen LogP contribution in [0, 0.1) is 0 Å². The highest BCUT2D eigenvalue weighted by Gasteiger charge is 2.21. The lowest BCUT2D eigenvalue weighted by molar-refractivity contribution is 0.122. The van der Waals surface area contributed by atoms with Crippen molar-refractivity contribution in [1.82, 2.24) is 9.38 Å². The van der Waals surface area contributed by atoms with E-state index in [1.54, 1.807) is 26.4 Å². The van der Waals surface area contributed by atoms with Gasteiger partial charge in [0.05, 0.1) is 38.1 Å². The Bertz CT molecular complexity index is 1050. The number of morpholine rings is 1. The molecule has 0 radical (unpaired) electrons.